The highest BCUT2D eigenvalue weighted by Crippen LogP contribution is 2.12. The van der Waals surface area contributed by atoms with Gasteiger partial charge in [0, 0.05) is 51.1 Å². The van der Waals surface area contributed by atoms with Gasteiger partial charge in [0.2, 0.25) is 5.91 Å². The van der Waals surface area contributed by atoms with Gasteiger partial charge < -0.3 is 35.7 Å². The second kappa shape index (κ2) is 38.0. The fraction of sp³-hybridized carbons (Fsp3) is 0.735. The molecule has 0 bridgehead atoms. The summed E-state index contributed by atoms with van der Waals surface area (Å²) in [6, 6.07) is 6.75. The number of anilines is 1. The Kier molecular flexibility index (Phi) is 44.3. The lowest BCUT2D eigenvalue weighted by atomic mass is 10.1. The van der Waals surface area contributed by atoms with Crippen LogP contribution in [0, 0.1) is 0 Å². The summed E-state index contributed by atoms with van der Waals surface area (Å²) in [7, 11) is 3.82. The van der Waals surface area contributed by atoms with E-state index in [0.29, 0.717) is 12.1 Å². The van der Waals surface area contributed by atoms with Gasteiger partial charge in [0.15, 0.2) is 17.4 Å². The van der Waals surface area contributed by atoms with E-state index in [1.165, 1.54) is 51.4 Å². The lowest BCUT2D eigenvalue weighted by molar-refractivity contribution is -0.138. The molecule has 0 radical (unpaired) electrons. The minimum Gasteiger partial charge on any atom is -0.481 e. The quantitative estimate of drug-likeness (QED) is 0.102. The highest BCUT2D eigenvalue weighted by molar-refractivity contribution is 5.88. The maximum Gasteiger partial charge on any atom is 0.335 e. The van der Waals surface area contributed by atoms with E-state index >= 15 is 0 Å². The van der Waals surface area contributed by atoms with Crippen LogP contribution in [0.2, 0.25) is 0 Å². The molecule has 0 saturated heterocycles. The predicted octanol–water partition coefficient (Wildman–Crippen LogP) is 5.32. The van der Waals surface area contributed by atoms with Gasteiger partial charge in [-0.1, -0.05) is 64.7 Å². The molecule has 0 aliphatic carbocycles. The molecule has 0 unspecified atom stereocenters. The van der Waals surface area contributed by atoms with Gasteiger partial charge in [0.05, 0.1) is 12.0 Å². The van der Waals surface area contributed by atoms with E-state index in [9.17, 15) is 14.4 Å². The molecule has 0 heterocycles. The summed E-state index contributed by atoms with van der Waals surface area (Å²) in [6.07, 6.45) is 12.3. The number of aliphatic hydroxyl groups excluding tert-OH is 3. The number of aliphatic carboxylic acids is 1. The smallest absolute Gasteiger partial charge is 0.335 e. The van der Waals surface area contributed by atoms with Crippen molar-refractivity contribution in [2.24, 2.45) is 0 Å². The van der Waals surface area contributed by atoms with E-state index in [1.807, 2.05) is 19.0 Å². The summed E-state index contributed by atoms with van der Waals surface area (Å²) in [6.45, 7) is 13.2. The van der Waals surface area contributed by atoms with Gasteiger partial charge in [-0.05, 0) is 72.2 Å². The van der Waals surface area contributed by atoms with E-state index < -0.39 is 11.9 Å². The fourth-order valence-corrected chi connectivity index (χ4v) is 3.05. The van der Waals surface area contributed by atoms with Gasteiger partial charge in [0.1, 0.15) is 0 Å². The third-order valence-corrected chi connectivity index (χ3v) is 5.05. The molecule has 10 nitrogen and oxygen atoms in total. The number of carbonyl (C=O) groups is 3. The summed E-state index contributed by atoms with van der Waals surface area (Å²) >= 11 is 0. The van der Waals surface area contributed by atoms with Crippen LogP contribution in [0.25, 0.3) is 0 Å². The number of aliphatic hydroxyl groups is 3. The summed E-state index contributed by atoms with van der Waals surface area (Å²) in [5.41, 5.74) is 1.32. The predicted molar refractivity (Wildman–Crippen MR) is 191 cm³/mol. The second-order valence-corrected chi connectivity index (χ2v) is 11.5. The molecule has 1 amide bonds. The molecular weight excluding hydrogens is 591 g/mol. The van der Waals surface area contributed by atoms with Crippen LogP contribution in [-0.2, 0) is 9.59 Å². The highest BCUT2D eigenvalue weighted by Gasteiger charge is 2.04. The van der Waals surface area contributed by atoms with Crippen LogP contribution in [0.4, 0.5) is 5.69 Å². The Labute approximate surface area is 284 Å². The van der Waals surface area contributed by atoms with Crippen molar-refractivity contribution >= 4 is 40.9 Å². The van der Waals surface area contributed by atoms with Gasteiger partial charge in [-0.3, -0.25) is 9.59 Å². The van der Waals surface area contributed by atoms with E-state index in [1.54, 1.807) is 65.8 Å². The third kappa shape index (κ3) is 58.0. The largest absolute Gasteiger partial charge is 0.481 e. The van der Waals surface area contributed by atoms with Crippen molar-refractivity contribution in [2.75, 3.05) is 25.5 Å². The molecule has 0 atom stereocenters. The molecule has 6 N–H and O–H groups in total. The first-order chi connectivity index (χ1) is 20.5. The van der Waals surface area contributed by atoms with Crippen molar-refractivity contribution < 1.29 is 39.9 Å². The van der Waals surface area contributed by atoms with Gasteiger partial charge >= 0.3 is 11.9 Å². The molecule has 0 aliphatic rings. The summed E-state index contributed by atoms with van der Waals surface area (Å²) in [4.78, 5) is 33.9. The van der Waals surface area contributed by atoms with Crippen molar-refractivity contribution in [1.29, 1.82) is 0 Å². The Hall–Kier alpha value is -2.16. The number of nitrogens with zero attached hydrogens (tertiary/aromatic N) is 1. The van der Waals surface area contributed by atoms with Gasteiger partial charge in [0.25, 0.3) is 0 Å². The van der Waals surface area contributed by atoms with Crippen LogP contribution in [-0.4, -0.2) is 99.7 Å². The molecule has 0 saturated carbocycles. The van der Waals surface area contributed by atoms with Crippen LogP contribution < -0.4 is 10.2 Å². The Bertz CT molecular complexity index is 766. The molecule has 0 fully saturated rings. The first-order valence-electron chi connectivity index (χ1n) is 16.0. The third-order valence-electron chi connectivity index (χ3n) is 5.05. The zero-order valence-corrected chi connectivity index (χ0v) is 29.1. The van der Waals surface area contributed by atoms with E-state index in [2.05, 4.69) is 12.2 Å². The first kappa shape index (κ1) is 52.4. The van der Waals surface area contributed by atoms with Gasteiger partial charge in [-0.25, -0.2) is 4.79 Å². The maximum atomic E-state index is 11.2. The topological polar surface area (TPSA) is 168 Å². The van der Waals surface area contributed by atoms with Crippen LogP contribution in [0.15, 0.2) is 24.3 Å². The number of benzene rings is 1. The van der Waals surface area contributed by atoms with Crippen molar-refractivity contribution in [3.8, 4) is 0 Å². The first-order valence-corrected chi connectivity index (χ1v) is 16.0. The molecule has 1 rings (SSSR count). The number of rotatable bonds is 16. The molecule has 0 aliphatic heterocycles. The lowest BCUT2D eigenvalue weighted by Crippen LogP contribution is -2.24. The van der Waals surface area contributed by atoms with Gasteiger partial charge in [-0.2, -0.15) is 0 Å². The second-order valence-electron chi connectivity index (χ2n) is 11.5. The number of hydrogen-bond donors (Lipinski definition) is 6. The normalized spacial score (nSPS) is 9.58. The summed E-state index contributed by atoms with van der Waals surface area (Å²) in [5.74, 6) is -1.96. The minimum atomic E-state index is -0.918. The lowest BCUT2D eigenvalue weighted by Gasteiger charge is -2.11. The zero-order chi connectivity index (χ0) is 34.9. The number of carbonyl (C=O) groups excluding carboxylic acids is 1. The van der Waals surface area contributed by atoms with Crippen LogP contribution in [0.5, 0.6) is 0 Å². The zero-order valence-electron chi connectivity index (χ0n) is 29.1. The number of carboxylic acid groups (broad SMARTS) is 2. The Balaban J connectivity index is -0.000000179. The van der Waals surface area contributed by atoms with Crippen LogP contribution in [0.1, 0.15) is 136 Å². The molecule has 45 heavy (non-hydrogen) atoms. The number of aromatic carboxylic acids is 1. The average molecular weight is 661 g/mol. The molecule has 266 valence electrons. The number of nitrogens with one attached hydrogen (secondary N) is 1. The van der Waals surface area contributed by atoms with Crippen molar-refractivity contribution in [3.05, 3.63) is 29.8 Å². The van der Waals surface area contributed by atoms with Crippen molar-refractivity contribution in [2.45, 2.75) is 144 Å². The molecule has 11 heteroatoms. The molecule has 1 aromatic rings. The summed E-state index contributed by atoms with van der Waals surface area (Å²) in [5, 5.41) is 44.0. The summed E-state index contributed by atoms with van der Waals surface area (Å²) < 4.78 is 0. The molecule has 0 aromatic heterocycles. The Morgan fingerprint density at radius 2 is 1.02 bits per heavy atom. The van der Waals surface area contributed by atoms with E-state index in [-0.39, 0.29) is 54.4 Å². The molecule has 1 aromatic carbocycles. The van der Waals surface area contributed by atoms with E-state index in [4.69, 9.17) is 25.5 Å². The van der Waals surface area contributed by atoms with Crippen LogP contribution in [0.3, 0.4) is 0 Å². The number of amides is 1. The fourth-order valence-electron chi connectivity index (χ4n) is 3.05. The standard InChI is InChI=1S/C16H31NO3.C9H11NO2.3C3H8O.Al.3H/c1-2-3-4-5-6-7-8-9-10-11-14-17-15(18)12-13-16(19)20;1-10(2)8-5-3-7(4-6-8)9(11)12;3*1-3(2)4;;;;/h2-14H2,1H3,(H,17,18)(H,19,20);3-6H,1-2H3,(H,11,12);3*3-4H,1-2H3;;;;. The number of hydrogen-bond acceptors (Lipinski definition) is 7. The van der Waals surface area contributed by atoms with Crippen LogP contribution >= 0.6 is 0 Å². The van der Waals surface area contributed by atoms with Crippen molar-refractivity contribution in [3.63, 3.8) is 0 Å². The number of carboxylic acids is 2. The minimum absolute atomic E-state index is 0. The number of unbranched alkanes of at least 4 members (excludes halogenated alkanes) is 9. The van der Waals surface area contributed by atoms with E-state index in [0.717, 1.165) is 18.5 Å². The average Bonchev–Trinajstić information content (AvgIpc) is 2.90. The highest BCUT2D eigenvalue weighted by atomic mass is 27.0. The molecular formula is C34H69AlN2O8. The maximum absolute atomic E-state index is 11.2. The van der Waals surface area contributed by atoms with Gasteiger partial charge in [-0.15, -0.1) is 0 Å². The monoisotopic (exact) mass is 660 g/mol. The van der Waals surface area contributed by atoms with Crippen molar-refractivity contribution in [1.82, 2.24) is 5.32 Å². The molecule has 0 spiro atoms. The SMILES string of the molecule is CC(C)O.CC(C)O.CC(C)O.CCCCCCCCCCCCNC(=O)CCC(=O)O.CN(C)c1ccc(C(=O)O)cc1.[AlH3]. The Morgan fingerprint density at radius 1 is 0.667 bits per heavy atom. The Morgan fingerprint density at radius 3 is 1.33 bits per heavy atom.